The number of rotatable bonds is 4. The zero-order valence-corrected chi connectivity index (χ0v) is 10.7. The Morgan fingerprint density at radius 2 is 2.17 bits per heavy atom. The Labute approximate surface area is 107 Å². The molecule has 0 saturated carbocycles. The fourth-order valence-electron chi connectivity index (χ4n) is 2.09. The van der Waals surface area contributed by atoms with Crippen molar-refractivity contribution in [1.29, 1.82) is 0 Å². The average molecular weight is 253 g/mol. The number of ether oxygens (including phenoxy) is 2. The van der Waals surface area contributed by atoms with Crippen molar-refractivity contribution < 1.29 is 13.9 Å². The minimum Gasteiger partial charge on any atom is -0.493 e. The third-order valence-electron chi connectivity index (χ3n) is 3.29. The van der Waals surface area contributed by atoms with Crippen LogP contribution in [0, 0.1) is 11.7 Å². The third-order valence-corrected chi connectivity index (χ3v) is 3.29. The van der Waals surface area contributed by atoms with E-state index in [1.165, 1.54) is 6.07 Å². The summed E-state index contributed by atoms with van der Waals surface area (Å²) < 4.78 is 24.6. The molecule has 1 atom stereocenters. The smallest absolute Gasteiger partial charge is 0.131 e. The predicted octanol–water partition coefficient (Wildman–Crippen LogP) is 2.65. The van der Waals surface area contributed by atoms with E-state index in [-0.39, 0.29) is 11.9 Å². The second-order valence-corrected chi connectivity index (χ2v) is 4.84. The van der Waals surface area contributed by atoms with Crippen molar-refractivity contribution in [3.8, 4) is 5.75 Å². The summed E-state index contributed by atoms with van der Waals surface area (Å²) in [4.78, 5) is 0. The Kier molecular flexibility index (Phi) is 4.55. The molecule has 1 heterocycles. The fourth-order valence-corrected chi connectivity index (χ4v) is 2.09. The van der Waals surface area contributed by atoms with E-state index in [0.29, 0.717) is 23.8 Å². The Bertz CT molecular complexity index is 389. The summed E-state index contributed by atoms with van der Waals surface area (Å²) in [6, 6.07) is 4.59. The van der Waals surface area contributed by atoms with Gasteiger partial charge in [0.25, 0.3) is 0 Å². The first kappa shape index (κ1) is 13.3. The van der Waals surface area contributed by atoms with Crippen LogP contribution in [0.3, 0.4) is 0 Å². The van der Waals surface area contributed by atoms with Gasteiger partial charge in [-0.1, -0.05) is 6.07 Å². The minimum atomic E-state index is -0.297. The molecule has 2 rings (SSSR count). The lowest BCUT2D eigenvalue weighted by Crippen LogP contribution is -2.21. The normalized spacial score (nSPS) is 18.6. The minimum absolute atomic E-state index is 0.297. The van der Waals surface area contributed by atoms with Gasteiger partial charge in [-0.2, -0.15) is 0 Å². The molecule has 1 aromatic carbocycles. The second-order valence-electron chi connectivity index (χ2n) is 4.84. The summed E-state index contributed by atoms with van der Waals surface area (Å²) in [7, 11) is 0. The lowest BCUT2D eigenvalue weighted by Gasteiger charge is -2.22. The number of benzene rings is 1. The third kappa shape index (κ3) is 3.43. The molecule has 1 fully saturated rings. The molecule has 0 radical (unpaired) electrons. The van der Waals surface area contributed by atoms with Crippen molar-refractivity contribution in [2.45, 2.75) is 25.8 Å². The van der Waals surface area contributed by atoms with E-state index >= 15 is 0 Å². The summed E-state index contributed by atoms with van der Waals surface area (Å²) in [5.74, 6) is 0.785. The molecule has 0 aliphatic carbocycles. The van der Waals surface area contributed by atoms with Crippen molar-refractivity contribution in [3.63, 3.8) is 0 Å². The zero-order chi connectivity index (χ0) is 13.0. The molecule has 2 N–H and O–H groups in total. The highest BCUT2D eigenvalue weighted by Gasteiger charge is 2.15. The molecule has 1 aliphatic heterocycles. The van der Waals surface area contributed by atoms with Crippen LogP contribution in [-0.4, -0.2) is 19.8 Å². The number of nitrogens with two attached hydrogens (primary N) is 1. The standard InChI is InChI=1S/C14H20FNO2/c1-10(16)13-3-2-12(8-14(13)15)18-9-11-4-6-17-7-5-11/h2-3,8,10-11H,4-7,9,16H2,1H3/t10-/m1/s1. The van der Waals surface area contributed by atoms with Crippen LogP contribution in [0.2, 0.25) is 0 Å². The van der Waals surface area contributed by atoms with Crippen molar-refractivity contribution >= 4 is 0 Å². The van der Waals surface area contributed by atoms with Crippen LogP contribution >= 0.6 is 0 Å². The van der Waals surface area contributed by atoms with Crippen LogP contribution in [-0.2, 0) is 4.74 Å². The van der Waals surface area contributed by atoms with E-state index in [4.69, 9.17) is 15.2 Å². The van der Waals surface area contributed by atoms with Crippen molar-refractivity contribution in [2.75, 3.05) is 19.8 Å². The van der Waals surface area contributed by atoms with Gasteiger partial charge in [-0.05, 0) is 31.7 Å². The van der Waals surface area contributed by atoms with Gasteiger partial charge in [0, 0.05) is 30.9 Å². The van der Waals surface area contributed by atoms with Crippen LogP contribution in [0.4, 0.5) is 4.39 Å². The Balaban J connectivity index is 1.91. The van der Waals surface area contributed by atoms with Gasteiger partial charge >= 0.3 is 0 Å². The lowest BCUT2D eigenvalue weighted by molar-refractivity contribution is 0.0497. The summed E-state index contributed by atoms with van der Waals surface area (Å²) in [6.45, 7) is 3.99. The predicted molar refractivity (Wildman–Crippen MR) is 68.0 cm³/mol. The Morgan fingerprint density at radius 1 is 1.44 bits per heavy atom. The average Bonchev–Trinajstić information content (AvgIpc) is 2.37. The first-order valence-electron chi connectivity index (χ1n) is 6.42. The largest absolute Gasteiger partial charge is 0.493 e. The molecular weight excluding hydrogens is 233 g/mol. The highest BCUT2D eigenvalue weighted by Crippen LogP contribution is 2.22. The summed E-state index contributed by atoms with van der Waals surface area (Å²) in [6.07, 6.45) is 2.03. The summed E-state index contributed by atoms with van der Waals surface area (Å²) in [5.41, 5.74) is 6.18. The molecule has 1 aliphatic rings. The molecular formula is C14H20FNO2. The number of halogens is 1. The molecule has 0 unspecified atom stereocenters. The number of hydrogen-bond acceptors (Lipinski definition) is 3. The van der Waals surface area contributed by atoms with Gasteiger partial charge in [0.15, 0.2) is 0 Å². The van der Waals surface area contributed by atoms with E-state index in [1.54, 1.807) is 19.1 Å². The van der Waals surface area contributed by atoms with Crippen LogP contribution in [0.25, 0.3) is 0 Å². The maximum Gasteiger partial charge on any atom is 0.131 e. The van der Waals surface area contributed by atoms with Gasteiger partial charge in [-0.25, -0.2) is 4.39 Å². The topological polar surface area (TPSA) is 44.5 Å². The molecule has 0 aromatic heterocycles. The highest BCUT2D eigenvalue weighted by molar-refractivity contribution is 5.30. The lowest BCUT2D eigenvalue weighted by atomic mass is 10.0. The maximum absolute atomic E-state index is 13.7. The molecule has 1 saturated heterocycles. The molecule has 3 nitrogen and oxygen atoms in total. The molecule has 0 amide bonds. The molecule has 0 spiro atoms. The quantitative estimate of drug-likeness (QED) is 0.897. The SMILES string of the molecule is C[C@@H](N)c1ccc(OCC2CCOCC2)cc1F. The van der Waals surface area contributed by atoms with Crippen molar-refractivity contribution in [1.82, 2.24) is 0 Å². The summed E-state index contributed by atoms with van der Waals surface area (Å²) >= 11 is 0. The van der Waals surface area contributed by atoms with Crippen LogP contribution in [0.1, 0.15) is 31.4 Å². The van der Waals surface area contributed by atoms with Gasteiger partial charge < -0.3 is 15.2 Å². The van der Waals surface area contributed by atoms with Gasteiger partial charge in [-0.3, -0.25) is 0 Å². The summed E-state index contributed by atoms with van der Waals surface area (Å²) in [5, 5.41) is 0. The van der Waals surface area contributed by atoms with Crippen LogP contribution in [0.5, 0.6) is 5.75 Å². The van der Waals surface area contributed by atoms with Crippen LogP contribution < -0.4 is 10.5 Å². The fraction of sp³-hybridized carbons (Fsp3) is 0.571. The first-order chi connectivity index (χ1) is 8.66. The first-order valence-corrected chi connectivity index (χ1v) is 6.42. The van der Waals surface area contributed by atoms with Crippen molar-refractivity contribution in [3.05, 3.63) is 29.6 Å². The zero-order valence-electron chi connectivity index (χ0n) is 10.7. The van der Waals surface area contributed by atoms with Gasteiger partial charge in [0.2, 0.25) is 0 Å². The molecule has 1 aromatic rings. The molecule has 4 heteroatoms. The van der Waals surface area contributed by atoms with Gasteiger partial charge in [0.05, 0.1) is 6.61 Å². The monoisotopic (exact) mass is 253 g/mol. The van der Waals surface area contributed by atoms with E-state index in [1.807, 2.05) is 0 Å². The van der Waals surface area contributed by atoms with E-state index in [9.17, 15) is 4.39 Å². The van der Waals surface area contributed by atoms with E-state index in [0.717, 1.165) is 26.1 Å². The highest BCUT2D eigenvalue weighted by atomic mass is 19.1. The molecule has 100 valence electrons. The van der Waals surface area contributed by atoms with Gasteiger partial charge in [-0.15, -0.1) is 0 Å². The second kappa shape index (κ2) is 6.16. The molecule has 18 heavy (non-hydrogen) atoms. The van der Waals surface area contributed by atoms with E-state index in [2.05, 4.69) is 0 Å². The van der Waals surface area contributed by atoms with Crippen LogP contribution in [0.15, 0.2) is 18.2 Å². The number of hydrogen-bond donors (Lipinski definition) is 1. The maximum atomic E-state index is 13.7. The van der Waals surface area contributed by atoms with Crippen molar-refractivity contribution in [2.24, 2.45) is 11.7 Å². The molecule has 0 bridgehead atoms. The Hall–Kier alpha value is -1.13. The Morgan fingerprint density at radius 3 is 2.78 bits per heavy atom. The van der Waals surface area contributed by atoms with Gasteiger partial charge in [0.1, 0.15) is 11.6 Å². The van der Waals surface area contributed by atoms with E-state index < -0.39 is 0 Å².